The molecule has 2 aliphatic heterocycles. The summed E-state index contributed by atoms with van der Waals surface area (Å²) in [6, 6.07) is 13.3. The number of hydrogen-bond donors (Lipinski definition) is 1. The van der Waals surface area contributed by atoms with Gasteiger partial charge in [-0.25, -0.2) is 4.39 Å². The summed E-state index contributed by atoms with van der Waals surface area (Å²) in [6.45, 7) is 5.86. The van der Waals surface area contributed by atoms with Crippen LogP contribution in [0.2, 0.25) is 0 Å². The van der Waals surface area contributed by atoms with Crippen LogP contribution in [-0.4, -0.2) is 30.9 Å². The largest absolute Gasteiger partial charge is 0.492 e. The molecule has 1 N–H and O–H groups in total. The van der Waals surface area contributed by atoms with Crippen LogP contribution >= 0.6 is 0 Å². The highest BCUT2D eigenvalue weighted by Crippen LogP contribution is 2.45. The third-order valence-electron chi connectivity index (χ3n) is 7.72. The Morgan fingerprint density at radius 3 is 2.68 bits per heavy atom. The fourth-order valence-corrected chi connectivity index (χ4v) is 6.06. The van der Waals surface area contributed by atoms with E-state index in [9.17, 15) is 4.79 Å². The average Bonchev–Trinajstić information content (AvgIpc) is 3.61. The lowest BCUT2D eigenvalue weighted by atomic mass is 9.88. The summed E-state index contributed by atoms with van der Waals surface area (Å²) in [5.41, 5.74) is 9.43. The summed E-state index contributed by atoms with van der Waals surface area (Å²) in [6.07, 6.45) is 3.17. The van der Waals surface area contributed by atoms with E-state index in [1.165, 1.54) is 11.1 Å². The Labute approximate surface area is 215 Å². The molecule has 3 aliphatic rings. The topological polar surface area (TPSA) is 65.0 Å². The van der Waals surface area contributed by atoms with Gasteiger partial charge in [0.05, 0.1) is 26.2 Å². The summed E-state index contributed by atoms with van der Waals surface area (Å²) in [5, 5.41) is 9.14. The number of halogens is 1. The number of carboxylic acids is 1. The van der Waals surface area contributed by atoms with E-state index in [-0.39, 0.29) is 18.2 Å². The number of carboxylic acid groups (broad SMARTS) is 1. The van der Waals surface area contributed by atoms with Crippen molar-refractivity contribution in [1.29, 1.82) is 0 Å². The first-order valence-electron chi connectivity index (χ1n) is 12.7. The monoisotopic (exact) mass is 500 g/mol. The maximum atomic E-state index is 15.2. The molecule has 2 atom stereocenters. The number of benzene rings is 3. The van der Waals surface area contributed by atoms with Crippen molar-refractivity contribution in [2.24, 2.45) is 0 Å². The summed E-state index contributed by atoms with van der Waals surface area (Å²) >= 11 is 0. The Balaban J connectivity index is 1.30. The molecular weight excluding hydrogens is 471 g/mol. The van der Waals surface area contributed by atoms with Crippen LogP contribution in [0, 0.1) is 19.7 Å². The van der Waals surface area contributed by atoms with Crippen molar-refractivity contribution in [1.82, 2.24) is 0 Å². The minimum Gasteiger partial charge on any atom is -0.492 e. The fourth-order valence-electron chi connectivity index (χ4n) is 6.06. The van der Waals surface area contributed by atoms with Crippen LogP contribution in [0.3, 0.4) is 0 Å². The SMILES string of the molecule is Cc1cc(C2=CCOC2)cc(C)c1-c1ccc(F)c2c1CCC2Oc1ccc2c(c1)OCC2CC(=O)O. The summed E-state index contributed by atoms with van der Waals surface area (Å²) in [4.78, 5) is 11.1. The molecule has 6 rings (SSSR count). The Kier molecular flexibility index (Phi) is 6.00. The Morgan fingerprint density at radius 1 is 1.14 bits per heavy atom. The molecule has 5 nitrogen and oxygen atoms in total. The Morgan fingerprint density at radius 2 is 1.95 bits per heavy atom. The standard InChI is InChI=1S/C31H29FO5/c1-17-11-20(19-9-10-35-15-19)12-18(2)30(17)24-5-7-26(32)31-25(24)6-8-27(31)37-22-3-4-23-21(13-29(33)34)16-36-28(23)14-22/h3-5,7,9,11-12,14,21,27H,6,8,10,13,15-16H2,1-2H3,(H,33,34). The van der Waals surface area contributed by atoms with Gasteiger partial charge in [-0.2, -0.15) is 0 Å². The van der Waals surface area contributed by atoms with Gasteiger partial charge >= 0.3 is 5.97 Å². The van der Waals surface area contributed by atoms with Crippen molar-refractivity contribution in [3.8, 4) is 22.6 Å². The van der Waals surface area contributed by atoms with Gasteiger partial charge in [-0.15, -0.1) is 0 Å². The molecule has 3 aromatic rings. The van der Waals surface area contributed by atoms with E-state index in [1.807, 2.05) is 18.2 Å². The minimum atomic E-state index is -0.847. The van der Waals surface area contributed by atoms with Crippen LogP contribution in [0.4, 0.5) is 4.39 Å². The fraction of sp³-hybridized carbons (Fsp3) is 0.323. The van der Waals surface area contributed by atoms with E-state index in [0.717, 1.165) is 39.8 Å². The molecule has 3 aromatic carbocycles. The summed E-state index contributed by atoms with van der Waals surface area (Å²) < 4.78 is 32.8. The first-order chi connectivity index (χ1) is 17.9. The maximum Gasteiger partial charge on any atom is 0.304 e. The van der Waals surface area contributed by atoms with E-state index >= 15 is 4.39 Å². The van der Waals surface area contributed by atoms with Gasteiger partial charge < -0.3 is 19.3 Å². The van der Waals surface area contributed by atoms with Gasteiger partial charge in [0, 0.05) is 23.1 Å². The molecule has 0 bridgehead atoms. The van der Waals surface area contributed by atoms with Gasteiger partial charge in [-0.1, -0.05) is 30.3 Å². The summed E-state index contributed by atoms with van der Waals surface area (Å²) in [5.74, 6) is -0.0173. The van der Waals surface area contributed by atoms with Crippen molar-refractivity contribution in [2.45, 2.75) is 45.1 Å². The molecule has 0 saturated carbocycles. The van der Waals surface area contributed by atoms with E-state index in [2.05, 4.69) is 32.1 Å². The number of aryl methyl sites for hydroxylation is 2. The third kappa shape index (κ3) is 4.29. The minimum absolute atomic E-state index is 0.0301. The van der Waals surface area contributed by atoms with E-state index in [1.54, 1.807) is 12.1 Å². The highest BCUT2D eigenvalue weighted by Gasteiger charge is 2.32. The van der Waals surface area contributed by atoms with Crippen molar-refractivity contribution in [2.75, 3.05) is 19.8 Å². The van der Waals surface area contributed by atoms with Crippen molar-refractivity contribution in [3.63, 3.8) is 0 Å². The zero-order valence-corrected chi connectivity index (χ0v) is 21.0. The van der Waals surface area contributed by atoms with Gasteiger partial charge in [0.1, 0.15) is 23.4 Å². The third-order valence-corrected chi connectivity index (χ3v) is 7.72. The molecule has 0 spiro atoms. The lowest BCUT2D eigenvalue weighted by molar-refractivity contribution is -0.137. The predicted octanol–water partition coefficient (Wildman–Crippen LogP) is 6.54. The summed E-state index contributed by atoms with van der Waals surface area (Å²) in [7, 11) is 0. The van der Waals surface area contributed by atoms with E-state index in [4.69, 9.17) is 19.3 Å². The van der Waals surface area contributed by atoms with Gasteiger partial charge in [0.25, 0.3) is 0 Å². The molecule has 0 amide bonds. The molecule has 190 valence electrons. The number of aliphatic carboxylic acids is 1. The maximum absolute atomic E-state index is 15.2. The van der Waals surface area contributed by atoms with Gasteiger partial charge in [0.2, 0.25) is 0 Å². The van der Waals surface area contributed by atoms with Crippen LogP contribution < -0.4 is 9.47 Å². The Hall–Kier alpha value is -3.64. The number of carbonyl (C=O) groups is 1. The molecule has 1 aliphatic carbocycles. The first kappa shape index (κ1) is 23.7. The molecule has 2 heterocycles. The van der Waals surface area contributed by atoms with Gasteiger partial charge in [-0.05, 0) is 77.8 Å². The first-order valence-corrected chi connectivity index (χ1v) is 12.7. The number of rotatable bonds is 6. The second-order valence-electron chi connectivity index (χ2n) is 10.2. The molecule has 0 fully saturated rings. The predicted molar refractivity (Wildman–Crippen MR) is 139 cm³/mol. The lowest BCUT2D eigenvalue weighted by Crippen LogP contribution is -2.07. The van der Waals surface area contributed by atoms with E-state index in [0.29, 0.717) is 43.3 Å². The molecule has 2 unspecified atom stereocenters. The highest BCUT2D eigenvalue weighted by molar-refractivity contribution is 5.79. The average molecular weight is 501 g/mol. The Bertz CT molecular complexity index is 1420. The van der Waals surface area contributed by atoms with Crippen LogP contribution in [0.15, 0.2) is 48.5 Å². The molecule has 0 saturated heterocycles. The zero-order chi connectivity index (χ0) is 25.7. The molecule has 0 aromatic heterocycles. The van der Waals surface area contributed by atoms with Crippen molar-refractivity contribution >= 4 is 11.5 Å². The van der Waals surface area contributed by atoms with Crippen molar-refractivity contribution in [3.05, 3.63) is 87.7 Å². The lowest BCUT2D eigenvalue weighted by Gasteiger charge is -2.19. The second kappa shape index (κ2) is 9.34. The molecule has 6 heteroatoms. The molecular formula is C31H29FO5. The van der Waals surface area contributed by atoms with Gasteiger partial charge in [0.15, 0.2) is 0 Å². The quantitative estimate of drug-likeness (QED) is 0.416. The second-order valence-corrected chi connectivity index (χ2v) is 10.2. The number of hydrogen-bond acceptors (Lipinski definition) is 4. The number of ether oxygens (including phenoxy) is 3. The molecule has 37 heavy (non-hydrogen) atoms. The zero-order valence-electron chi connectivity index (χ0n) is 21.0. The smallest absolute Gasteiger partial charge is 0.304 e. The molecule has 0 radical (unpaired) electrons. The normalized spacial score (nSPS) is 19.8. The van der Waals surface area contributed by atoms with Crippen LogP contribution in [-0.2, 0) is 16.0 Å². The number of fused-ring (bicyclic) bond motifs is 2. The van der Waals surface area contributed by atoms with Gasteiger partial charge in [-0.3, -0.25) is 4.79 Å². The van der Waals surface area contributed by atoms with Crippen molar-refractivity contribution < 1.29 is 28.5 Å². The highest BCUT2D eigenvalue weighted by atomic mass is 19.1. The van der Waals surface area contributed by atoms with Crippen LogP contribution in [0.5, 0.6) is 11.5 Å². The van der Waals surface area contributed by atoms with E-state index < -0.39 is 12.1 Å². The van der Waals surface area contributed by atoms with Crippen LogP contribution in [0.1, 0.15) is 58.2 Å². The van der Waals surface area contributed by atoms with Crippen LogP contribution in [0.25, 0.3) is 16.7 Å².